The predicted molar refractivity (Wildman–Crippen MR) is 101 cm³/mol. The molecule has 2 aromatic rings. The van der Waals surface area contributed by atoms with Crippen LogP contribution in [0, 0.1) is 0 Å². The van der Waals surface area contributed by atoms with Gasteiger partial charge in [0.1, 0.15) is 5.75 Å². The normalized spacial score (nSPS) is 12.2. The van der Waals surface area contributed by atoms with Gasteiger partial charge in [-0.2, -0.15) is 0 Å². The maximum absolute atomic E-state index is 5.92. The van der Waals surface area contributed by atoms with E-state index in [-0.39, 0.29) is 0 Å². The van der Waals surface area contributed by atoms with Crippen LogP contribution < -0.4 is 14.2 Å². The molecule has 0 fully saturated rings. The van der Waals surface area contributed by atoms with Crippen molar-refractivity contribution in [2.24, 2.45) is 0 Å². The fourth-order valence-corrected chi connectivity index (χ4v) is 2.82. The number of hydrogen-bond donors (Lipinski definition) is 0. The molecular formula is C20H27ClO3. The Morgan fingerprint density at radius 1 is 1.04 bits per heavy atom. The molecule has 0 aliphatic heterocycles. The van der Waals surface area contributed by atoms with E-state index in [4.69, 9.17) is 25.8 Å². The highest BCUT2D eigenvalue weighted by molar-refractivity contribution is 6.19. The molecule has 2 aromatic carbocycles. The van der Waals surface area contributed by atoms with Gasteiger partial charge in [-0.1, -0.05) is 50.3 Å². The number of fused-ring (bicyclic) bond motifs is 1. The van der Waals surface area contributed by atoms with Crippen molar-refractivity contribution < 1.29 is 14.2 Å². The number of unbranched alkanes of at least 4 members (excludes halogenated alkanes) is 4. The van der Waals surface area contributed by atoms with Gasteiger partial charge in [0.25, 0.3) is 0 Å². The summed E-state index contributed by atoms with van der Waals surface area (Å²) in [4.78, 5) is 0. The van der Waals surface area contributed by atoms with Crippen LogP contribution in [0.5, 0.6) is 17.2 Å². The second-order valence-electron chi connectivity index (χ2n) is 5.90. The molecule has 0 spiro atoms. The van der Waals surface area contributed by atoms with Crippen molar-refractivity contribution in [3.63, 3.8) is 0 Å². The first-order chi connectivity index (χ1) is 11.7. The summed E-state index contributed by atoms with van der Waals surface area (Å²) in [6, 6.07) is 9.91. The van der Waals surface area contributed by atoms with Gasteiger partial charge < -0.3 is 14.2 Å². The molecule has 1 atom stereocenters. The molecule has 0 bridgehead atoms. The Balaban J connectivity index is 2.05. The fourth-order valence-electron chi connectivity index (χ4n) is 2.72. The van der Waals surface area contributed by atoms with Crippen molar-refractivity contribution in [3.8, 4) is 17.2 Å². The molecule has 0 aromatic heterocycles. The third-order valence-electron chi connectivity index (χ3n) is 3.92. The lowest BCUT2D eigenvalue weighted by Crippen LogP contribution is -2.04. The minimum absolute atomic E-state index is 0.410. The van der Waals surface area contributed by atoms with Crippen LogP contribution in [0.25, 0.3) is 10.8 Å². The third kappa shape index (κ3) is 5.20. The highest BCUT2D eigenvalue weighted by Gasteiger charge is 2.12. The van der Waals surface area contributed by atoms with Gasteiger partial charge in [-0.15, -0.1) is 0 Å². The quantitative estimate of drug-likeness (QED) is 0.379. The topological polar surface area (TPSA) is 27.7 Å². The van der Waals surface area contributed by atoms with Crippen LogP contribution in [0.4, 0.5) is 0 Å². The number of methoxy groups -OCH3 is 1. The average molecular weight is 351 g/mol. The summed E-state index contributed by atoms with van der Waals surface area (Å²) in [6.07, 6.45) is 6.19. The Kier molecular flexibility index (Phi) is 7.51. The first-order valence-corrected chi connectivity index (χ1v) is 9.13. The molecule has 1 unspecified atom stereocenters. The summed E-state index contributed by atoms with van der Waals surface area (Å²) < 4.78 is 17.0. The number of alkyl halides is 1. The van der Waals surface area contributed by atoms with Crippen molar-refractivity contribution in [3.05, 3.63) is 30.3 Å². The Morgan fingerprint density at radius 2 is 1.83 bits per heavy atom. The maximum atomic E-state index is 5.92. The summed E-state index contributed by atoms with van der Waals surface area (Å²) in [5.74, 6) is 2.24. The molecule has 24 heavy (non-hydrogen) atoms. The van der Waals surface area contributed by atoms with Crippen molar-refractivity contribution >= 4 is 22.4 Å². The van der Waals surface area contributed by atoms with Crippen molar-refractivity contribution in [1.29, 1.82) is 0 Å². The van der Waals surface area contributed by atoms with Crippen LogP contribution in [0.2, 0.25) is 0 Å². The molecule has 3 nitrogen and oxygen atoms in total. The van der Waals surface area contributed by atoms with E-state index in [9.17, 15) is 0 Å². The molecule has 0 saturated carbocycles. The van der Waals surface area contributed by atoms with Crippen molar-refractivity contribution in [1.82, 2.24) is 0 Å². The second kappa shape index (κ2) is 9.63. The summed E-state index contributed by atoms with van der Waals surface area (Å²) in [5.41, 5.74) is -0.410. The minimum Gasteiger partial charge on any atom is -0.494 e. The standard InChI is InChI=1S/C20H27ClO3/c1-4-5-6-7-8-13-23-17-10-11-18-16(14-17)9-12-19(20(18)22-3)24-15(2)21/h9-12,14-15H,4-8,13H2,1-3H3. The zero-order valence-corrected chi connectivity index (χ0v) is 15.6. The zero-order valence-electron chi connectivity index (χ0n) is 14.8. The number of benzene rings is 2. The second-order valence-corrected chi connectivity index (χ2v) is 6.52. The molecule has 0 N–H and O–H groups in total. The SMILES string of the molecule is CCCCCCCOc1ccc2c(OC)c(OC(C)Cl)ccc2c1. The van der Waals surface area contributed by atoms with E-state index in [1.54, 1.807) is 14.0 Å². The number of ether oxygens (including phenoxy) is 3. The third-order valence-corrected chi connectivity index (χ3v) is 4.00. The van der Waals surface area contributed by atoms with Crippen LogP contribution in [0.3, 0.4) is 0 Å². The monoisotopic (exact) mass is 350 g/mol. The molecule has 0 heterocycles. The number of rotatable bonds is 10. The smallest absolute Gasteiger partial charge is 0.169 e. The van der Waals surface area contributed by atoms with Gasteiger partial charge in [0.15, 0.2) is 17.1 Å². The predicted octanol–water partition coefficient (Wildman–Crippen LogP) is 6.16. The lowest BCUT2D eigenvalue weighted by atomic mass is 10.1. The fraction of sp³-hybridized carbons (Fsp3) is 0.500. The van der Waals surface area contributed by atoms with E-state index in [1.165, 1.54) is 25.7 Å². The van der Waals surface area contributed by atoms with E-state index in [0.717, 1.165) is 29.5 Å². The van der Waals surface area contributed by atoms with Crippen LogP contribution >= 0.6 is 11.6 Å². The van der Waals surface area contributed by atoms with Gasteiger partial charge in [-0.05, 0) is 43.0 Å². The van der Waals surface area contributed by atoms with E-state index in [1.807, 2.05) is 30.3 Å². The van der Waals surface area contributed by atoms with Crippen LogP contribution in [0.15, 0.2) is 30.3 Å². The largest absolute Gasteiger partial charge is 0.494 e. The summed E-state index contributed by atoms with van der Waals surface area (Å²) >= 11 is 5.92. The van der Waals surface area contributed by atoms with Crippen LogP contribution in [0.1, 0.15) is 46.0 Å². The lowest BCUT2D eigenvalue weighted by molar-refractivity contribution is 0.282. The Hall–Kier alpha value is -1.61. The van der Waals surface area contributed by atoms with Crippen LogP contribution in [-0.2, 0) is 0 Å². The summed E-state index contributed by atoms with van der Waals surface area (Å²) in [5, 5.41) is 2.05. The zero-order chi connectivity index (χ0) is 17.4. The van der Waals surface area contributed by atoms with Gasteiger partial charge in [0, 0.05) is 5.39 Å². The Morgan fingerprint density at radius 3 is 2.54 bits per heavy atom. The van der Waals surface area contributed by atoms with Gasteiger partial charge >= 0.3 is 0 Å². The molecule has 132 valence electrons. The molecule has 0 amide bonds. The van der Waals surface area contributed by atoms with E-state index in [2.05, 4.69) is 6.92 Å². The number of halogens is 1. The summed E-state index contributed by atoms with van der Waals surface area (Å²) in [6.45, 7) is 4.77. The van der Waals surface area contributed by atoms with E-state index in [0.29, 0.717) is 11.5 Å². The van der Waals surface area contributed by atoms with Crippen LogP contribution in [-0.4, -0.2) is 19.3 Å². The summed E-state index contributed by atoms with van der Waals surface area (Å²) in [7, 11) is 1.64. The van der Waals surface area contributed by atoms with Gasteiger partial charge in [-0.25, -0.2) is 0 Å². The van der Waals surface area contributed by atoms with E-state index < -0.39 is 5.56 Å². The van der Waals surface area contributed by atoms with Gasteiger partial charge in [-0.3, -0.25) is 0 Å². The first kappa shape index (κ1) is 18.7. The minimum atomic E-state index is -0.410. The average Bonchev–Trinajstić information content (AvgIpc) is 2.57. The molecule has 0 saturated heterocycles. The molecule has 2 rings (SSSR count). The molecule has 0 aliphatic carbocycles. The van der Waals surface area contributed by atoms with Crippen molar-refractivity contribution in [2.45, 2.75) is 51.5 Å². The molecule has 0 radical (unpaired) electrons. The highest BCUT2D eigenvalue weighted by atomic mass is 35.5. The van der Waals surface area contributed by atoms with Gasteiger partial charge in [0.2, 0.25) is 0 Å². The molecular weight excluding hydrogens is 324 g/mol. The molecule has 0 aliphatic rings. The Labute approximate surface area is 149 Å². The number of hydrogen-bond acceptors (Lipinski definition) is 3. The van der Waals surface area contributed by atoms with Gasteiger partial charge in [0.05, 0.1) is 13.7 Å². The maximum Gasteiger partial charge on any atom is 0.169 e. The van der Waals surface area contributed by atoms with E-state index >= 15 is 0 Å². The Bertz CT molecular complexity index is 640. The van der Waals surface area contributed by atoms with Crippen molar-refractivity contribution in [2.75, 3.05) is 13.7 Å². The first-order valence-electron chi connectivity index (χ1n) is 8.70. The molecule has 4 heteroatoms. The highest BCUT2D eigenvalue weighted by Crippen LogP contribution is 2.37. The lowest BCUT2D eigenvalue weighted by Gasteiger charge is -2.15.